The highest BCUT2D eigenvalue weighted by atomic mass is 32.2. The van der Waals surface area contributed by atoms with E-state index in [1.807, 2.05) is 0 Å². The summed E-state index contributed by atoms with van der Waals surface area (Å²) >= 11 is 0. The summed E-state index contributed by atoms with van der Waals surface area (Å²) in [6.07, 6.45) is 0. The van der Waals surface area contributed by atoms with Crippen LogP contribution in [0.1, 0.15) is 19.4 Å². The quantitative estimate of drug-likeness (QED) is 0.367. The van der Waals surface area contributed by atoms with Crippen molar-refractivity contribution in [2.24, 2.45) is 0 Å². The smallest absolute Gasteiger partial charge is 0.264 e. The molecular weight excluding hydrogens is 553 g/mol. The van der Waals surface area contributed by atoms with Gasteiger partial charge in [-0.15, -0.1) is 0 Å². The van der Waals surface area contributed by atoms with E-state index >= 15 is 0 Å². The van der Waals surface area contributed by atoms with E-state index in [-0.39, 0.29) is 29.5 Å². The van der Waals surface area contributed by atoms with E-state index in [0.29, 0.717) is 30.2 Å². The Hall–Kier alpha value is -4.32. The second-order valence-electron chi connectivity index (χ2n) is 9.23. The fourth-order valence-corrected chi connectivity index (χ4v) is 5.71. The summed E-state index contributed by atoms with van der Waals surface area (Å²) < 4.78 is 58.9. The largest absolute Gasteiger partial charge is 0.497 e. The van der Waals surface area contributed by atoms with Crippen LogP contribution in [0.5, 0.6) is 17.2 Å². The van der Waals surface area contributed by atoms with Crippen molar-refractivity contribution >= 4 is 27.5 Å². The third kappa shape index (κ3) is 6.88. The topological polar surface area (TPSA) is 114 Å². The average molecular weight is 586 g/mol. The van der Waals surface area contributed by atoms with Gasteiger partial charge in [-0.05, 0) is 67.9 Å². The molecule has 1 heterocycles. The molecule has 1 aliphatic rings. The number of nitrogens with one attached hydrogen (secondary N) is 1. The minimum Gasteiger partial charge on any atom is -0.497 e. The molecule has 1 atom stereocenters. The van der Waals surface area contributed by atoms with Crippen LogP contribution in [0.3, 0.4) is 0 Å². The van der Waals surface area contributed by atoms with Crippen molar-refractivity contribution in [1.29, 1.82) is 0 Å². The predicted octanol–water partition coefficient (Wildman–Crippen LogP) is 3.35. The molecular formula is C29H32FN3O7S. The van der Waals surface area contributed by atoms with Crippen molar-refractivity contribution in [1.82, 2.24) is 10.2 Å². The molecule has 3 aromatic carbocycles. The molecule has 4 rings (SSSR count). The lowest BCUT2D eigenvalue weighted by Crippen LogP contribution is -2.51. The van der Waals surface area contributed by atoms with Gasteiger partial charge in [-0.25, -0.2) is 12.8 Å². The summed E-state index contributed by atoms with van der Waals surface area (Å²) in [5.74, 6) is -0.309. The predicted molar refractivity (Wildman–Crippen MR) is 150 cm³/mol. The Morgan fingerprint density at radius 2 is 1.66 bits per heavy atom. The number of carbonyl (C=O) groups is 2. The number of ether oxygens (including phenoxy) is 3. The van der Waals surface area contributed by atoms with E-state index in [4.69, 9.17) is 14.2 Å². The Morgan fingerprint density at radius 3 is 2.29 bits per heavy atom. The number of halogens is 1. The zero-order valence-corrected chi connectivity index (χ0v) is 23.8. The maximum Gasteiger partial charge on any atom is 0.264 e. The summed E-state index contributed by atoms with van der Waals surface area (Å²) in [7, 11) is -2.82. The molecule has 3 aromatic rings. The summed E-state index contributed by atoms with van der Waals surface area (Å²) in [6, 6.07) is 15.0. The molecule has 1 aliphatic heterocycles. The molecule has 0 aliphatic carbocycles. The second kappa shape index (κ2) is 12.9. The van der Waals surface area contributed by atoms with Gasteiger partial charge in [0.1, 0.15) is 37.4 Å². The Labute approximate surface area is 238 Å². The Balaban J connectivity index is 1.71. The molecule has 0 spiro atoms. The zero-order valence-electron chi connectivity index (χ0n) is 23.0. The standard InChI is InChI=1S/C29H32FN3O7S/c1-4-31-29(35)20(2)32(18-21-5-11-24(38-3)12-6-21)28(34)19-33(23-9-7-22(30)8-10-23)41(36,37)25-13-14-26-27(17-25)40-16-15-39-26/h5-14,17,20H,4,15-16,18-19H2,1-3H3,(H,31,35)/t20-/m0/s1. The number of hydrogen-bond acceptors (Lipinski definition) is 7. The first kappa shape index (κ1) is 29.7. The van der Waals surface area contributed by atoms with Crippen LogP contribution in [-0.2, 0) is 26.2 Å². The normalized spacial score (nSPS) is 13.2. The first-order valence-electron chi connectivity index (χ1n) is 13.0. The van der Waals surface area contributed by atoms with E-state index in [0.717, 1.165) is 16.4 Å². The Bertz CT molecular complexity index is 1480. The van der Waals surface area contributed by atoms with Gasteiger partial charge < -0.3 is 24.4 Å². The third-order valence-corrected chi connectivity index (χ3v) is 8.30. The molecule has 1 N–H and O–H groups in total. The summed E-state index contributed by atoms with van der Waals surface area (Å²) in [5.41, 5.74) is 0.781. The average Bonchev–Trinajstić information content (AvgIpc) is 2.98. The highest BCUT2D eigenvalue weighted by Crippen LogP contribution is 2.34. The van der Waals surface area contributed by atoms with Gasteiger partial charge in [0, 0.05) is 19.2 Å². The van der Waals surface area contributed by atoms with E-state index < -0.39 is 40.2 Å². The van der Waals surface area contributed by atoms with Crippen LogP contribution in [0.25, 0.3) is 0 Å². The number of amides is 2. The molecule has 0 unspecified atom stereocenters. The number of carbonyl (C=O) groups excluding carboxylic acids is 2. The van der Waals surface area contributed by atoms with Crippen molar-refractivity contribution in [3.63, 3.8) is 0 Å². The molecule has 12 heteroatoms. The Morgan fingerprint density at radius 1 is 1.00 bits per heavy atom. The van der Waals surface area contributed by atoms with E-state index in [9.17, 15) is 22.4 Å². The van der Waals surface area contributed by atoms with Crippen molar-refractivity contribution < 1.29 is 36.6 Å². The van der Waals surface area contributed by atoms with Crippen LogP contribution < -0.4 is 23.8 Å². The number of nitrogens with zero attached hydrogens (tertiary/aromatic N) is 2. The van der Waals surface area contributed by atoms with Gasteiger partial charge in [-0.3, -0.25) is 13.9 Å². The first-order valence-corrected chi connectivity index (χ1v) is 14.5. The first-order chi connectivity index (χ1) is 19.6. The highest BCUT2D eigenvalue weighted by Gasteiger charge is 2.33. The van der Waals surface area contributed by atoms with Crippen molar-refractivity contribution in [3.8, 4) is 17.2 Å². The van der Waals surface area contributed by atoms with E-state index in [1.54, 1.807) is 38.1 Å². The number of methoxy groups -OCH3 is 1. The molecule has 0 aromatic heterocycles. The molecule has 0 fully saturated rings. The van der Waals surface area contributed by atoms with Crippen LogP contribution in [-0.4, -0.2) is 64.6 Å². The van der Waals surface area contributed by atoms with Gasteiger partial charge in [0.05, 0.1) is 17.7 Å². The minimum absolute atomic E-state index is 0.0302. The number of rotatable bonds is 11. The molecule has 41 heavy (non-hydrogen) atoms. The lowest BCUT2D eigenvalue weighted by molar-refractivity contribution is -0.139. The second-order valence-corrected chi connectivity index (χ2v) is 11.1. The maximum atomic E-state index is 14.0. The third-order valence-electron chi connectivity index (χ3n) is 6.53. The van der Waals surface area contributed by atoms with Crippen molar-refractivity contribution in [3.05, 3.63) is 78.1 Å². The zero-order chi connectivity index (χ0) is 29.6. The SMILES string of the molecule is CCNC(=O)[C@H](C)N(Cc1ccc(OC)cc1)C(=O)CN(c1ccc(F)cc1)S(=O)(=O)c1ccc2c(c1)OCCO2. The van der Waals surface area contributed by atoms with Gasteiger partial charge in [-0.2, -0.15) is 0 Å². The molecule has 0 saturated carbocycles. The number of likely N-dealkylation sites (N-methyl/N-ethyl adjacent to an activating group) is 1. The number of benzene rings is 3. The summed E-state index contributed by atoms with van der Waals surface area (Å²) in [5, 5.41) is 2.71. The van der Waals surface area contributed by atoms with Crippen molar-refractivity contribution in [2.75, 3.05) is 37.7 Å². The molecule has 218 valence electrons. The van der Waals surface area contributed by atoms with E-state index in [1.165, 1.54) is 42.3 Å². The fourth-order valence-electron chi connectivity index (χ4n) is 4.28. The monoisotopic (exact) mass is 585 g/mol. The molecule has 0 saturated heterocycles. The number of sulfonamides is 1. The number of anilines is 1. The molecule has 0 radical (unpaired) electrons. The van der Waals surface area contributed by atoms with Crippen molar-refractivity contribution in [2.45, 2.75) is 31.3 Å². The number of fused-ring (bicyclic) bond motifs is 1. The fraction of sp³-hybridized carbons (Fsp3) is 0.310. The minimum atomic E-state index is -4.36. The molecule has 2 amide bonds. The lowest BCUT2D eigenvalue weighted by atomic mass is 10.1. The van der Waals surface area contributed by atoms with Crippen LogP contribution in [0.15, 0.2) is 71.6 Å². The molecule has 10 nitrogen and oxygen atoms in total. The van der Waals surface area contributed by atoms with Crippen LogP contribution >= 0.6 is 0 Å². The van der Waals surface area contributed by atoms with Gasteiger partial charge >= 0.3 is 0 Å². The Kier molecular flexibility index (Phi) is 9.33. The maximum absolute atomic E-state index is 14.0. The summed E-state index contributed by atoms with van der Waals surface area (Å²) in [6.45, 7) is 3.66. The number of hydrogen-bond donors (Lipinski definition) is 1. The van der Waals surface area contributed by atoms with Gasteiger partial charge in [0.25, 0.3) is 10.0 Å². The summed E-state index contributed by atoms with van der Waals surface area (Å²) in [4.78, 5) is 27.8. The van der Waals surface area contributed by atoms with E-state index in [2.05, 4.69) is 5.32 Å². The van der Waals surface area contributed by atoms with Crippen LogP contribution in [0, 0.1) is 5.82 Å². The van der Waals surface area contributed by atoms with Gasteiger partial charge in [0.2, 0.25) is 11.8 Å². The molecule has 0 bridgehead atoms. The van der Waals surface area contributed by atoms with Gasteiger partial charge in [-0.1, -0.05) is 12.1 Å². The van der Waals surface area contributed by atoms with Crippen LogP contribution in [0.4, 0.5) is 10.1 Å². The van der Waals surface area contributed by atoms with Crippen LogP contribution in [0.2, 0.25) is 0 Å². The van der Waals surface area contributed by atoms with Gasteiger partial charge in [0.15, 0.2) is 11.5 Å². The lowest BCUT2D eigenvalue weighted by Gasteiger charge is -2.32. The highest BCUT2D eigenvalue weighted by molar-refractivity contribution is 7.92.